The van der Waals surface area contributed by atoms with E-state index in [2.05, 4.69) is 9.97 Å². The van der Waals surface area contributed by atoms with E-state index in [4.69, 9.17) is 13.9 Å². The Kier molecular flexibility index (Phi) is 5.92. The van der Waals surface area contributed by atoms with Crippen molar-refractivity contribution in [2.75, 3.05) is 7.11 Å². The van der Waals surface area contributed by atoms with Gasteiger partial charge in [-0.05, 0) is 48.0 Å². The lowest BCUT2D eigenvalue weighted by Crippen LogP contribution is -2.25. The van der Waals surface area contributed by atoms with Crippen LogP contribution < -0.4 is 10.3 Å². The largest absolute Gasteiger partial charge is 0.497 e. The van der Waals surface area contributed by atoms with Crippen LogP contribution in [0.4, 0.5) is 0 Å². The first-order chi connectivity index (χ1) is 16.6. The van der Waals surface area contributed by atoms with Crippen LogP contribution in [0.3, 0.4) is 0 Å². The van der Waals surface area contributed by atoms with Gasteiger partial charge in [-0.1, -0.05) is 18.2 Å². The van der Waals surface area contributed by atoms with E-state index >= 15 is 0 Å². The molecule has 0 amide bonds. The summed E-state index contributed by atoms with van der Waals surface area (Å²) in [7, 11) is 1.61. The highest BCUT2D eigenvalue weighted by molar-refractivity contribution is 7.22. The first kappa shape index (κ1) is 21.6. The molecule has 0 aliphatic rings. The van der Waals surface area contributed by atoms with E-state index in [0.29, 0.717) is 21.8 Å². The summed E-state index contributed by atoms with van der Waals surface area (Å²) >= 11 is 1.33. The fourth-order valence-electron chi connectivity index (χ4n) is 3.38. The van der Waals surface area contributed by atoms with Crippen molar-refractivity contribution in [3.8, 4) is 27.6 Å². The summed E-state index contributed by atoms with van der Waals surface area (Å²) in [6.45, 7) is -0.304. The van der Waals surface area contributed by atoms with Crippen LogP contribution in [0.5, 0.6) is 5.75 Å². The van der Waals surface area contributed by atoms with Gasteiger partial charge in [-0.2, -0.15) is 0 Å². The minimum Gasteiger partial charge on any atom is -0.497 e. The molecule has 34 heavy (non-hydrogen) atoms. The van der Waals surface area contributed by atoms with E-state index in [-0.39, 0.29) is 18.7 Å². The average molecular weight is 474 g/mol. The molecule has 0 spiro atoms. The number of esters is 1. The topological polar surface area (TPSA) is 96.5 Å². The number of ether oxygens (including phenoxy) is 2. The molecule has 0 N–H and O–H groups in total. The van der Waals surface area contributed by atoms with E-state index in [0.717, 1.165) is 21.8 Å². The third kappa shape index (κ3) is 4.46. The quantitative estimate of drug-likeness (QED) is 0.320. The molecule has 0 saturated heterocycles. The molecule has 3 heterocycles. The molecule has 0 unspecified atom stereocenters. The number of nitrogens with zero attached hydrogens (tertiary/aromatic N) is 3. The van der Waals surface area contributed by atoms with Crippen LogP contribution in [0, 0.1) is 0 Å². The Bertz CT molecular complexity index is 1500. The Morgan fingerprint density at radius 1 is 1.09 bits per heavy atom. The number of hydrogen-bond acceptors (Lipinski definition) is 8. The zero-order valence-electron chi connectivity index (χ0n) is 18.1. The first-order valence-corrected chi connectivity index (χ1v) is 11.2. The van der Waals surface area contributed by atoms with Crippen molar-refractivity contribution in [1.29, 1.82) is 0 Å². The number of aromatic nitrogens is 3. The van der Waals surface area contributed by atoms with Gasteiger partial charge in [0.25, 0.3) is 5.56 Å². The highest BCUT2D eigenvalue weighted by Gasteiger charge is 2.14. The molecule has 9 heteroatoms. The molecule has 8 nitrogen and oxygen atoms in total. The Balaban J connectivity index is 1.27. The van der Waals surface area contributed by atoms with Crippen molar-refractivity contribution in [2.45, 2.75) is 13.2 Å². The summed E-state index contributed by atoms with van der Waals surface area (Å²) in [5.41, 5.74) is 2.56. The van der Waals surface area contributed by atoms with Crippen LogP contribution in [-0.2, 0) is 22.7 Å². The zero-order valence-corrected chi connectivity index (χ0v) is 19.0. The highest BCUT2D eigenvalue weighted by atomic mass is 32.1. The lowest BCUT2D eigenvalue weighted by Gasteiger charge is -2.05. The van der Waals surface area contributed by atoms with Gasteiger partial charge in [0.2, 0.25) is 5.89 Å². The summed E-state index contributed by atoms with van der Waals surface area (Å²) in [6, 6.07) is 18.9. The maximum absolute atomic E-state index is 12.9. The SMILES string of the molecule is COc1ccc(-c2cc3ncn(CC(=O)OCc4coc(-c5ccccc5)n4)c(=O)c3s2)cc1. The second kappa shape index (κ2) is 9.32. The standard InChI is InChI=1S/C25H19N3O5S/c1-31-19-9-7-16(8-10-19)21-11-20-23(34-21)25(30)28(15-26-20)12-22(29)32-13-18-14-33-24(27-18)17-5-3-2-4-6-17/h2-11,14-15H,12-13H2,1H3. The number of methoxy groups -OCH3 is 1. The van der Waals surface area contributed by atoms with Crippen LogP contribution in [0.1, 0.15) is 5.69 Å². The van der Waals surface area contributed by atoms with Crippen LogP contribution >= 0.6 is 11.3 Å². The molecular weight excluding hydrogens is 454 g/mol. The van der Waals surface area contributed by atoms with Gasteiger partial charge in [0.1, 0.15) is 35.6 Å². The van der Waals surface area contributed by atoms with E-state index in [1.165, 1.54) is 28.5 Å². The van der Waals surface area contributed by atoms with Gasteiger partial charge in [-0.3, -0.25) is 14.2 Å². The molecular formula is C25H19N3O5S. The van der Waals surface area contributed by atoms with Gasteiger partial charge in [0, 0.05) is 10.4 Å². The summed E-state index contributed by atoms with van der Waals surface area (Å²) < 4.78 is 17.6. The molecule has 3 aromatic heterocycles. The number of thiophene rings is 1. The summed E-state index contributed by atoms with van der Waals surface area (Å²) in [5.74, 6) is 0.632. The van der Waals surface area contributed by atoms with E-state index in [1.54, 1.807) is 7.11 Å². The zero-order chi connectivity index (χ0) is 23.5. The van der Waals surface area contributed by atoms with Crippen LogP contribution in [0.25, 0.3) is 32.1 Å². The number of hydrogen-bond donors (Lipinski definition) is 0. The number of carbonyl (C=O) groups excluding carboxylic acids is 1. The molecule has 0 fully saturated rings. The lowest BCUT2D eigenvalue weighted by atomic mass is 10.2. The molecule has 0 aliphatic carbocycles. The maximum Gasteiger partial charge on any atom is 0.326 e. The van der Waals surface area contributed by atoms with Crippen LogP contribution in [0.15, 0.2) is 82.5 Å². The van der Waals surface area contributed by atoms with Crippen molar-refractivity contribution in [2.24, 2.45) is 0 Å². The highest BCUT2D eigenvalue weighted by Crippen LogP contribution is 2.31. The number of fused-ring (bicyclic) bond motifs is 1. The average Bonchev–Trinajstić information content (AvgIpc) is 3.53. The predicted molar refractivity (Wildman–Crippen MR) is 128 cm³/mol. The van der Waals surface area contributed by atoms with E-state index in [1.807, 2.05) is 60.7 Å². The monoisotopic (exact) mass is 473 g/mol. The van der Waals surface area contributed by atoms with Gasteiger partial charge in [-0.15, -0.1) is 11.3 Å². The molecule has 170 valence electrons. The lowest BCUT2D eigenvalue weighted by molar-refractivity contribution is -0.145. The van der Waals surface area contributed by atoms with E-state index in [9.17, 15) is 9.59 Å². The smallest absolute Gasteiger partial charge is 0.326 e. The molecule has 0 aliphatic heterocycles. The minimum atomic E-state index is -0.570. The maximum atomic E-state index is 12.9. The molecule has 5 aromatic rings. The van der Waals surface area contributed by atoms with Gasteiger partial charge in [0.05, 0.1) is 19.0 Å². The minimum absolute atomic E-state index is 0.0553. The predicted octanol–water partition coefficient (Wildman–Crippen LogP) is 4.53. The van der Waals surface area contributed by atoms with Crippen LogP contribution in [-0.4, -0.2) is 27.6 Å². The molecule has 5 rings (SSSR count). The normalized spacial score (nSPS) is 11.0. The Labute approximate surface area is 198 Å². The van der Waals surface area contributed by atoms with Crippen molar-refractivity contribution >= 4 is 27.5 Å². The molecule has 2 aromatic carbocycles. The Hall–Kier alpha value is -4.24. The summed E-state index contributed by atoms with van der Waals surface area (Å²) in [6.07, 6.45) is 2.81. The molecule has 0 radical (unpaired) electrons. The van der Waals surface area contributed by atoms with Crippen molar-refractivity contribution in [1.82, 2.24) is 14.5 Å². The van der Waals surface area contributed by atoms with Crippen molar-refractivity contribution < 1.29 is 18.7 Å². The fourth-order valence-corrected chi connectivity index (χ4v) is 4.45. The molecule has 0 atom stereocenters. The van der Waals surface area contributed by atoms with Crippen molar-refractivity contribution in [3.05, 3.63) is 89.3 Å². The van der Waals surface area contributed by atoms with Crippen molar-refractivity contribution in [3.63, 3.8) is 0 Å². The number of oxazole rings is 1. The van der Waals surface area contributed by atoms with Crippen LogP contribution in [0.2, 0.25) is 0 Å². The summed E-state index contributed by atoms with van der Waals surface area (Å²) in [4.78, 5) is 34.9. The molecule has 0 saturated carbocycles. The fraction of sp³-hybridized carbons (Fsp3) is 0.120. The third-order valence-corrected chi connectivity index (χ3v) is 6.29. The van der Waals surface area contributed by atoms with Gasteiger partial charge >= 0.3 is 5.97 Å². The Morgan fingerprint density at radius 2 is 1.88 bits per heavy atom. The number of carbonyl (C=O) groups is 1. The van der Waals surface area contributed by atoms with E-state index < -0.39 is 5.97 Å². The first-order valence-electron chi connectivity index (χ1n) is 10.4. The van der Waals surface area contributed by atoms with Gasteiger partial charge < -0.3 is 13.9 Å². The second-order valence-electron chi connectivity index (χ2n) is 7.40. The summed E-state index contributed by atoms with van der Waals surface area (Å²) in [5, 5.41) is 0. The number of benzene rings is 2. The number of rotatable bonds is 7. The third-order valence-electron chi connectivity index (χ3n) is 5.13. The Morgan fingerprint density at radius 3 is 2.65 bits per heavy atom. The second-order valence-corrected chi connectivity index (χ2v) is 8.45. The van der Waals surface area contributed by atoms with Gasteiger partial charge in [-0.25, -0.2) is 9.97 Å². The molecule has 0 bridgehead atoms. The van der Waals surface area contributed by atoms with Gasteiger partial charge in [0.15, 0.2) is 0 Å².